The Balaban J connectivity index is 1.11. The van der Waals surface area contributed by atoms with Crippen LogP contribution in [0, 0.1) is 0 Å². The third-order valence-corrected chi connectivity index (χ3v) is 10.4. The van der Waals surface area contributed by atoms with Crippen LogP contribution in [-0.2, 0) is 0 Å². The molecule has 0 aliphatic rings. The quantitative estimate of drug-likeness (QED) is 0.177. The number of rotatable bonds is 6. The van der Waals surface area contributed by atoms with Crippen LogP contribution in [0.4, 0.5) is 17.1 Å². The molecular weight excluding hydrogens is 599 g/mol. The average molecular weight is 630 g/mol. The third-order valence-electron chi connectivity index (χ3n) is 9.24. The van der Waals surface area contributed by atoms with E-state index >= 15 is 0 Å². The SMILES string of the molecule is c1ccc(-c2ccc(N(c3ccc(-c4ccc5cc6sc7ccccc7c6cc5c4)cc3)c3cccc(-c4ccccc4)c3)cc2)cc1. The molecule has 48 heavy (non-hydrogen) atoms. The molecule has 0 amide bonds. The van der Waals surface area contributed by atoms with Gasteiger partial charge in [0.05, 0.1) is 0 Å². The number of nitrogens with zero attached hydrogens (tertiary/aromatic N) is 1. The maximum atomic E-state index is 2.36. The lowest BCUT2D eigenvalue weighted by Gasteiger charge is -2.26. The third kappa shape index (κ3) is 5.23. The fraction of sp³-hybridized carbons (Fsp3) is 0. The minimum Gasteiger partial charge on any atom is -0.310 e. The van der Waals surface area contributed by atoms with Gasteiger partial charge in [0.15, 0.2) is 0 Å². The molecule has 0 aliphatic carbocycles. The molecule has 0 saturated carbocycles. The van der Waals surface area contributed by atoms with E-state index in [4.69, 9.17) is 0 Å². The van der Waals surface area contributed by atoms with E-state index in [1.807, 2.05) is 11.3 Å². The molecule has 0 saturated heterocycles. The molecule has 0 N–H and O–H groups in total. The smallest absolute Gasteiger partial charge is 0.0467 e. The number of thiophene rings is 1. The highest BCUT2D eigenvalue weighted by Crippen LogP contribution is 2.40. The number of hydrogen-bond acceptors (Lipinski definition) is 2. The number of anilines is 3. The van der Waals surface area contributed by atoms with Crippen molar-refractivity contribution in [2.24, 2.45) is 0 Å². The Morgan fingerprint density at radius 2 is 0.833 bits per heavy atom. The van der Waals surface area contributed by atoms with E-state index in [0.717, 1.165) is 17.1 Å². The summed E-state index contributed by atoms with van der Waals surface area (Å²) >= 11 is 1.87. The molecule has 0 aliphatic heterocycles. The fourth-order valence-electron chi connectivity index (χ4n) is 6.79. The molecule has 0 unspecified atom stereocenters. The molecular formula is C46H31NS. The van der Waals surface area contributed by atoms with E-state index in [0.29, 0.717) is 0 Å². The number of benzene rings is 8. The van der Waals surface area contributed by atoms with Crippen molar-refractivity contribution in [1.82, 2.24) is 0 Å². The maximum absolute atomic E-state index is 2.36. The van der Waals surface area contributed by atoms with E-state index < -0.39 is 0 Å². The lowest BCUT2D eigenvalue weighted by atomic mass is 9.99. The van der Waals surface area contributed by atoms with Gasteiger partial charge in [-0.2, -0.15) is 0 Å². The average Bonchev–Trinajstić information content (AvgIpc) is 3.52. The van der Waals surface area contributed by atoms with E-state index in [2.05, 4.69) is 193 Å². The molecule has 1 aromatic heterocycles. The normalized spacial score (nSPS) is 11.3. The summed E-state index contributed by atoms with van der Waals surface area (Å²) in [5.74, 6) is 0. The largest absolute Gasteiger partial charge is 0.310 e. The van der Waals surface area contributed by atoms with Crippen molar-refractivity contribution in [3.05, 3.63) is 188 Å². The number of hydrogen-bond donors (Lipinski definition) is 0. The Labute approximate surface area is 284 Å². The first kappa shape index (κ1) is 28.3. The molecule has 0 bridgehead atoms. The summed E-state index contributed by atoms with van der Waals surface area (Å²) in [7, 11) is 0. The molecule has 0 atom stereocenters. The second kappa shape index (κ2) is 12.0. The molecule has 0 radical (unpaired) electrons. The summed E-state index contributed by atoms with van der Waals surface area (Å²) in [4.78, 5) is 2.35. The van der Waals surface area contributed by atoms with Crippen LogP contribution in [0.1, 0.15) is 0 Å². The van der Waals surface area contributed by atoms with Gasteiger partial charge in [0, 0.05) is 37.2 Å². The van der Waals surface area contributed by atoms with E-state index in [9.17, 15) is 0 Å². The van der Waals surface area contributed by atoms with Crippen LogP contribution >= 0.6 is 11.3 Å². The molecule has 2 heteroatoms. The molecule has 9 rings (SSSR count). The van der Waals surface area contributed by atoms with Crippen LogP contribution in [0.25, 0.3) is 64.3 Å². The molecule has 226 valence electrons. The first-order chi connectivity index (χ1) is 23.8. The highest BCUT2D eigenvalue weighted by Gasteiger charge is 2.15. The van der Waals surface area contributed by atoms with Crippen molar-refractivity contribution in [3.8, 4) is 33.4 Å². The van der Waals surface area contributed by atoms with Crippen LogP contribution in [0.3, 0.4) is 0 Å². The van der Waals surface area contributed by atoms with Crippen molar-refractivity contribution in [1.29, 1.82) is 0 Å². The molecule has 1 nitrogen and oxygen atoms in total. The first-order valence-electron chi connectivity index (χ1n) is 16.3. The Bertz CT molecular complexity index is 2530. The van der Waals surface area contributed by atoms with Gasteiger partial charge in [-0.3, -0.25) is 0 Å². The van der Waals surface area contributed by atoms with Crippen molar-refractivity contribution in [2.75, 3.05) is 4.90 Å². The topological polar surface area (TPSA) is 3.24 Å². The molecule has 0 spiro atoms. The predicted octanol–water partition coefficient (Wildman–Crippen LogP) is 13.7. The van der Waals surface area contributed by atoms with Crippen molar-refractivity contribution < 1.29 is 0 Å². The predicted molar refractivity (Wildman–Crippen MR) is 208 cm³/mol. The summed E-state index contributed by atoms with van der Waals surface area (Å²) in [6.07, 6.45) is 0. The van der Waals surface area contributed by atoms with Gasteiger partial charge < -0.3 is 4.90 Å². The minimum atomic E-state index is 1.11. The maximum Gasteiger partial charge on any atom is 0.0467 e. The molecule has 8 aromatic carbocycles. The van der Waals surface area contributed by atoms with Gasteiger partial charge in [-0.05, 0) is 105 Å². The van der Waals surface area contributed by atoms with Gasteiger partial charge in [0.1, 0.15) is 0 Å². The van der Waals surface area contributed by atoms with Crippen molar-refractivity contribution in [3.63, 3.8) is 0 Å². The Morgan fingerprint density at radius 3 is 1.54 bits per heavy atom. The standard InChI is InChI=1S/C46H31NS/c1-3-10-32(11-4-1)34-20-24-40(25-21-34)47(42-15-9-14-36(29-42)33-12-5-2-6-13-33)41-26-22-35(23-27-41)37-18-19-38-31-46-44(30-39(38)28-37)43-16-7-8-17-45(43)48-46/h1-31H. The Hall–Kier alpha value is -5.96. The summed E-state index contributed by atoms with van der Waals surface area (Å²) in [6, 6.07) is 68.1. The van der Waals surface area contributed by atoms with Gasteiger partial charge in [-0.1, -0.05) is 127 Å². The summed E-state index contributed by atoms with van der Waals surface area (Å²) in [5.41, 5.74) is 10.6. The second-order valence-corrected chi connectivity index (χ2v) is 13.3. The zero-order valence-corrected chi connectivity index (χ0v) is 27.1. The minimum absolute atomic E-state index is 1.11. The second-order valence-electron chi connectivity index (χ2n) is 12.2. The molecule has 0 fully saturated rings. The van der Waals surface area contributed by atoms with Gasteiger partial charge >= 0.3 is 0 Å². The highest BCUT2D eigenvalue weighted by molar-refractivity contribution is 7.25. The monoisotopic (exact) mass is 629 g/mol. The summed E-state index contributed by atoms with van der Waals surface area (Å²) < 4.78 is 2.68. The summed E-state index contributed by atoms with van der Waals surface area (Å²) in [5, 5.41) is 5.22. The highest BCUT2D eigenvalue weighted by atomic mass is 32.1. The summed E-state index contributed by atoms with van der Waals surface area (Å²) in [6.45, 7) is 0. The molecule has 9 aromatic rings. The zero-order valence-electron chi connectivity index (χ0n) is 26.3. The Morgan fingerprint density at radius 1 is 0.292 bits per heavy atom. The van der Waals surface area contributed by atoms with E-state index in [1.54, 1.807) is 0 Å². The lowest BCUT2D eigenvalue weighted by Crippen LogP contribution is -2.10. The van der Waals surface area contributed by atoms with Crippen LogP contribution in [0.2, 0.25) is 0 Å². The van der Waals surface area contributed by atoms with E-state index in [1.165, 1.54) is 64.3 Å². The van der Waals surface area contributed by atoms with Gasteiger partial charge in [0.25, 0.3) is 0 Å². The van der Waals surface area contributed by atoms with Crippen LogP contribution in [0.15, 0.2) is 188 Å². The van der Waals surface area contributed by atoms with Crippen LogP contribution in [0.5, 0.6) is 0 Å². The van der Waals surface area contributed by atoms with Gasteiger partial charge in [0.2, 0.25) is 0 Å². The van der Waals surface area contributed by atoms with Crippen LogP contribution < -0.4 is 4.90 Å². The lowest BCUT2D eigenvalue weighted by molar-refractivity contribution is 1.28. The zero-order chi connectivity index (χ0) is 31.9. The first-order valence-corrected chi connectivity index (χ1v) is 17.2. The fourth-order valence-corrected chi connectivity index (χ4v) is 7.92. The van der Waals surface area contributed by atoms with Gasteiger partial charge in [-0.15, -0.1) is 11.3 Å². The van der Waals surface area contributed by atoms with Crippen LogP contribution in [-0.4, -0.2) is 0 Å². The Kier molecular flexibility index (Phi) is 7.07. The number of fused-ring (bicyclic) bond motifs is 4. The van der Waals surface area contributed by atoms with Crippen molar-refractivity contribution in [2.45, 2.75) is 0 Å². The molecule has 1 heterocycles. The van der Waals surface area contributed by atoms with Gasteiger partial charge in [-0.25, -0.2) is 0 Å². The van der Waals surface area contributed by atoms with Crippen molar-refractivity contribution >= 4 is 59.3 Å². The van der Waals surface area contributed by atoms with E-state index in [-0.39, 0.29) is 0 Å².